The Morgan fingerprint density at radius 2 is 0.759 bits per heavy atom. The lowest BCUT2D eigenvalue weighted by Gasteiger charge is -2.32. The summed E-state index contributed by atoms with van der Waals surface area (Å²) in [5.41, 5.74) is 22.9. The fourth-order valence-corrected chi connectivity index (χ4v) is 10.2. The van der Waals surface area contributed by atoms with E-state index in [0.29, 0.717) is 0 Å². The average molecular weight is 690 g/mol. The largest absolute Gasteiger partial charge is 0.310 e. The molecular formula is C53H39N. The van der Waals surface area contributed by atoms with Crippen molar-refractivity contribution in [2.24, 2.45) is 0 Å². The molecule has 3 aliphatic rings. The van der Waals surface area contributed by atoms with Gasteiger partial charge in [0, 0.05) is 22.5 Å². The van der Waals surface area contributed by atoms with E-state index >= 15 is 0 Å². The van der Waals surface area contributed by atoms with Gasteiger partial charge in [-0.25, -0.2) is 0 Å². The number of benzene rings is 8. The van der Waals surface area contributed by atoms with Crippen LogP contribution in [0.4, 0.5) is 17.1 Å². The Balaban J connectivity index is 1.16. The molecule has 8 aromatic rings. The molecule has 8 aromatic carbocycles. The van der Waals surface area contributed by atoms with Crippen molar-refractivity contribution in [3.8, 4) is 44.5 Å². The summed E-state index contributed by atoms with van der Waals surface area (Å²) in [4.78, 5) is 2.47. The van der Waals surface area contributed by atoms with E-state index in [-0.39, 0.29) is 5.41 Å². The van der Waals surface area contributed by atoms with E-state index in [1.807, 2.05) is 0 Å². The maximum Gasteiger partial charge on any atom is 0.0726 e. The first-order valence-electron chi connectivity index (χ1n) is 19.1. The highest BCUT2D eigenvalue weighted by Gasteiger charge is 2.51. The van der Waals surface area contributed by atoms with Crippen LogP contribution in [-0.4, -0.2) is 0 Å². The maximum atomic E-state index is 2.49. The Hall–Kier alpha value is -6.44. The van der Waals surface area contributed by atoms with Crippen LogP contribution in [0.3, 0.4) is 0 Å². The van der Waals surface area contributed by atoms with Gasteiger partial charge in [-0.15, -0.1) is 0 Å². The van der Waals surface area contributed by atoms with E-state index in [9.17, 15) is 0 Å². The molecule has 0 unspecified atom stereocenters. The molecule has 0 aromatic heterocycles. The van der Waals surface area contributed by atoms with Crippen molar-refractivity contribution in [1.29, 1.82) is 0 Å². The minimum atomic E-state index is -0.406. The number of hydrogen-bond donors (Lipinski definition) is 0. The molecule has 3 aliphatic carbocycles. The fraction of sp³-hybridized carbons (Fsp3) is 0.0943. The molecular weight excluding hydrogens is 651 g/mol. The van der Waals surface area contributed by atoms with Gasteiger partial charge >= 0.3 is 0 Å². The highest BCUT2D eigenvalue weighted by Crippen LogP contribution is 2.63. The SMILES string of the molecule is Cc1ccccc1-c1ccc(N(c2ccc3c(c2)-c2ccccc2C3(C)C)c2ccc3c(c2)C2(c4ccccc4-c4ccccc42)c2ccccc2-3)cc1. The molecule has 11 rings (SSSR count). The zero-order valence-electron chi connectivity index (χ0n) is 30.8. The molecule has 256 valence electrons. The second kappa shape index (κ2) is 11.3. The molecule has 0 amide bonds. The average Bonchev–Trinajstić information content (AvgIpc) is 3.77. The molecule has 0 radical (unpaired) electrons. The molecule has 54 heavy (non-hydrogen) atoms. The molecule has 0 fully saturated rings. The molecule has 1 nitrogen and oxygen atoms in total. The summed E-state index contributed by atoms with van der Waals surface area (Å²) >= 11 is 0. The Morgan fingerprint density at radius 1 is 0.333 bits per heavy atom. The number of fused-ring (bicyclic) bond motifs is 13. The lowest BCUT2D eigenvalue weighted by atomic mass is 9.70. The Bertz CT molecular complexity index is 2750. The number of anilines is 3. The standard InChI is InChI=1S/C53H39N/c1-34-14-4-5-15-39(34)35-24-26-36(27-25-35)54(37-29-31-47-45(32-37)43-19-6-10-20-46(43)52(47,2)3)38-28-30-44-42-18-9-13-23-50(42)53(51(44)33-38)48-21-11-7-16-40(48)41-17-8-12-22-49(41)53/h4-33H,1-3H3. The summed E-state index contributed by atoms with van der Waals surface area (Å²) in [7, 11) is 0. The minimum Gasteiger partial charge on any atom is -0.310 e. The first-order chi connectivity index (χ1) is 26.5. The van der Waals surface area contributed by atoms with E-state index in [0.717, 1.165) is 17.1 Å². The fourth-order valence-electron chi connectivity index (χ4n) is 10.2. The smallest absolute Gasteiger partial charge is 0.0726 e. The van der Waals surface area contributed by atoms with Gasteiger partial charge in [0.15, 0.2) is 0 Å². The maximum absolute atomic E-state index is 2.49. The predicted octanol–water partition coefficient (Wildman–Crippen LogP) is 13.8. The van der Waals surface area contributed by atoms with Crippen LogP contribution in [0.5, 0.6) is 0 Å². The second-order valence-electron chi connectivity index (χ2n) is 15.7. The highest BCUT2D eigenvalue weighted by molar-refractivity contribution is 5.96. The van der Waals surface area contributed by atoms with Crippen molar-refractivity contribution < 1.29 is 0 Å². The zero-order chi connectivity index (χ0) is 36.2. The molecule has 0 saturated carbocycles. The Labute approximate surface area is 317 Å². The van der Waals surface area contributed by atoms with Gasteiger partial charge in [0.2, 0.25) is 0 Å². The van der Waals surface area contributed by atoms with Crippen molar-refractivity contribution in [2.75, 3.05) is 4.90 Å². The van der Waals surface area contributed by atoms with Crippen molar-refractivity contribution in [3.05, 3.63) is 221 Å². The van der Waals surface area contributed by atoms with Crippen LogP contribution in [0, 0.1) is 6.92 Å². The van der Waals surface area contributed by atoms with Crippen LogP contribution in [0.2, 0.25) is 0 Å². The van der Waals surface area contributed by atoms with E-state index in [2.05, 4.69) is 208 Å². The summed E-state index contributed by atoms with van der Waals surface area (Å²) < 4.78 is 0. The van der Waals surface area contributed by atoms with Crippen molar-refractivity contribution in [1.82, 2.24) is 0 Å². The Kier molecular flexibility index (Phi) is 6.50. The molecule has 0 bridgehead atoms. The lowest BCUT2D eigenvalue weighted by molar-refractivity contribution is 0.660. The monoisotopic (exact) mass is 689 g/mol. The number of hydrogen-bond acceptors (Lipinski definition) is 1. The second-order valence-corrected chi connectivity index (χ2v) is 15.7. The number of rotatable bonds is 4. The third-order valence-electron chi connectivity index (χ3n) is 12.6. The van der Waals surface area contributed by atoms with E-state index < -0.39 is 5.41 Å². The van der Waals surface area contributed by atoms with E-state index in [1.165, 1.54) is 83.5 Å². The third kappa shape index (κ3) is 4.10. The summed E-state index contributed by atoms with van der Waals surface area (Å²) in [5, 5.41) is 0. The van der Waals surface area contributed by atoms with Gasteiger partial charge in [-0.2, -0.15) is 0 Å². The van der Waals surface area contributed by atoms with Gasteiger partial charge < -0.3 is 4.90 Å². The van der Waals surface area contributed by atoms with Gasteiger partial charge in [-0.1, -0.05) is 159 Å². The quantitative estimate of drug-likeness (QED) is 0.178. The van der Waals surface area contributed by atoms with Crippen LogP contribution in [0.25, 0.3) is 44.5 Å². The van der Waals surface area contributed by atoms with Crippen LogP contribution < -0.4 is 4.90 Å². The van der Waals surface area contributed by atoms with E-state index in [4.69, 9.17) is 0 Å². The lowest BCUT2D eigenvalue weighted by Crippen LogP contribution is -2.26. The molecule has 0 saturated heterocycles. The van der Waals surface area contributed by atoms with Crippen LogP contribution in [0.15, 0.2) is 182 Å². The molecule has 0 N–H and O–H groups in total. The summed E-state index contributed by atoms with van der Waals surface area (Å²) in [5.74, 6) is 0. The topological polar surface area (TPSA) is 3.24 Å². The predicted molar refractivity (Wildman–Crippen MR) is 225 cm³/mol. The van der Waals surface area contributed by atoms with Crippen molar-refractivity contribution in [3.63, 3.8) is 0 Å². The molecule has 1 spiro atoms. The van der Waals surface area contributed by atoms with Gasteiger partial charge in [0.1, 0.15) is 0 Å². The van der Waals surface area contributed by atoms with Crippen LogP contribution >= 0.6 is 0 Å². The number of aryl methyl sites for hydroxylation is 1. The minimum absolute atomic E-state index is 0.0561. The summed E-state index contributed by atoms with van der Waals surface area (Å²) in [6.07, 6.45) is 0. The van der Waals surface area contributed by atoms with Crippen LogP contribution in [-0.2, 0) is 10.8 Å². The molecule has 0 aliphatic heterocycles. The van der Waals surface area contributed by atoms with Crippen LogP contribution in [0.1, 0.15) is 52.8 Å². The first kappa shape index (κ1) is 31.1. The van der Waals surface area contributed by atoms with Gasteiger partial charge in [0.25, 0.3) is 0 Å². The molecule has 0 atom stereocenters. The first-order valence-corrected chi connectivity index (χ1v) is 19.1. The van der Waals surface area contributed by atoms with Gasteiger partial charge in [-0.05, 0) is 127 Å². The van der Waals surface area contributed by atoms with Gasteiger partial charge in [-0.3, -0.25) is 0 Å². The normalized spacial score (nSPS) is 14.5. The molecule has 1 heteroatoms. The zero-order valence-corrected chi connectivity index (χ0v) is 30.8. The Morgan fingerprint density at radius 3 is 1.35 bits per heavy atom. The summed E-state index contributed by atoms with van der Waals surface area (Å²) in [6.45, 7) is 6.90. The number of nitrogens with zero attached hydrogens (tertiary/aromatic N) is 1. The van der Waals surface area contributed by atoms with E-state index in [1.54, 1.807) is 0 Å². The molecule has 0 heterocycles. The van der Waals surface area contributed by atoms with Crippen molar-refractivity contribution in [2.45, 2.75) is 31.6 Å². The third-order valence-corrected chi connectivity index (χ3v) is 12.6. The highest BCUT2D eigenvalue weighted by atomic mass is 15.1. The summed E-state index contributed by atoms with van der Waals surface area (Å²) in [6, 6.07) is 68.3. The van der Waals surface area contributed by atoms with Crippen molar-refractivity contribution >= 4 is 17.1 Å². The van der Waals surface area contributed by atoms with Gasteiger partial charge in [0.05, 0.1) is 5.41 Å².